The van der Waals surface area contributed by atoms with E-state index in [1.54, 1.807) is 11.3 Å². The molecule has 1 aromatic heterocycles. The van der Waals surface area contributed by atoms with E-state index < -0.39 is 0 Å². The molecule has 1 aliphatic heterocycles. The molecule has 1 N–H and O–H groups in total. The molecule has 0 spiro atoms. The molecule has 1 aromatic rings. The molecule has 0 amide bonds. The summed E-state index contributed by atoms with van der Waals surface area (Å²) in [5.74, 6) is 1.19. The van der Waals surface area contributed by atoms with Crippen molar-refractivity contribution < 1.29 is 5.11 Å². The van der Waals surface area contributed by atoms with E-state index in [1.807, 2.05) is 11.8 Å². The van der Waals surface area contributed by atoms with Crippen LogP contribution in [0.4, 0.5) is 0 Å². The Labute approximate surface area is 107 Å². The molecule has 0 saturated carbocycles. The van der Waals surface area contributed by atoms with Crippen molar-refractivity contribution in [1.82, 2.24) is 0 Å². The molecule has 1 nitrogen and oxygen atoms in total. The van der Waals surface area contributed by atoms with Crippen molar-refractivity contribution in [3.8, 4) is 0 Å². The summed E-state index contributed by atoms with van der Waals surface area (Å²) in [4.78, 5) is 1.26. The summed E-state index contributed by atoms with van der Waals surface area (Å²) in [7, 11) is 0. The molecule has 0 aliphatic carbocycles. The van der Waals surface area contributed by atoms with E-state index in [0.29, 0.717) is 0 Å². The maximum atomic E-state index is 10.3. The highest BCUT2D eigenvalue weighted by Gasteiger charge is 2.37. The lowest BCUT2D eigenvalue weighted by Crippen LogP contribution is -2.35. The lowest BCUT2D eigenvalue weighted by Gasteiger charge is -2.28. The predicted octanol–water partition coefficient (Wildman–Crippen LogP) is 3.70. The molecule has 2 rings (SSSR count). The Hall–Kier alpha value is 0.490. The molecule has 2 heterocycles. The zero-order chi connectivity index (χ0) is 10.9. The zero-order valence-corrected chi connectivity index (χ0v) is 11.9. The second-order valence-corrected chi connectivity index (χ2v) is 7.66. The fourth-order valence-electron chi connectivity index (χ4n) is 1.93. The van der Waals surface area contributed by atoms with Crippen molar-refractivity contribution in [2.24, 2.45) is 0 Å². The number of hydrogen-bond acceptors (Lipinski definition) is 3. The van der Waals surface area contributed by atoms with Crippen molar-refractivity contribution in [1.29, 1.82) is 0 Å². The first-order valence-electron chi connectivity index (χ1n) is 5.16. The lowest BCUT2D eigenvalue weighted by atomic mass is 9.96. The fourth-order valence-corrected chi connectivity index (χ4v) is 4.80. The third kappa shape index (κ3) is 2.60. The van der Waals surface area contributed by atoms with Gasteiger partial charge in [-0.25, -0.2) is 0 Å². The Bertz CT molecular complexity index is 331. The Morgan fingerprint density at radius 1 is 1.67 bits per heavy atom. The summed E-state index contributed by atoms with van der Waals surface area (Å²) in [5.41, 5.74) is 0. The lowest BCUT2D eigenvalue weighted by molar-refractivity contribution is 0.134. The molecule has 1 fully saturated rings. The average molecular weight is 307 g/mol. The van der Waals surface area contributed by atoms with E-state index in [9.17, 15) is 5.11 Å². The van der Waals surface area contributed by atoms with Gasteiger partial charge in [-0.15, -0.1) is 11.3 Å². The number of halogens is 1. The molecule has 15 heavy (non-hydrogen) atoms. The van der Waals surface area contributed by atoms with Gasteiger partial charge in [0.2, 0.25) is 0 Å². The van der Waals surface area contributed by atoms with Crippen LogP contribution in [0.15, 0.2) is 15.9 Å². The molecule has 4 heteroatoms. The van der Waals surface area contributed by atoms with Gasteiger partial charge < -0.3 is 5.11 Å². The van der Waals surface area contributed by atoms with Gasteiger partial charge in [-0.1, -0.05) is 0 Å². The van der Waals surface area contributed by atoms with Crippen LogP contribution in [-0.4, -0.2) is 21.7 Å². The van der Waals surface area contributed by atoms with Crippen LogP contribution in [0, 0.1) is 0 Å². The normalized spacial score (nSPS) is 28.2. The van der Waals surface area contributed by atoms with Crippen LogP contribution in [-0.2, 0) is 6.42 Å². The minimum absolute atomic E-state index is 0.0728. The number of hydrogen-bond donors (Lipinski definition) is 1. The zero-order valence-electron chi connectivity index (χ0n) is 8.70. The Morgan fingerprint density at radius 2 is 2.47 bits per heavy atom. The van der Waals surface area contributed by atoms with E-state index in [1.165, 1.54) is 17.1 Å². The second kappa shape index (κ2) is 4.78. The maximum absolute atomic E-state index is 10.3. The first kappa shape index (κ1) is 12.0. The van der Waals surface area contributed by atoms with E-state index in [0.717, 1.165) is 17.3 Å². The number of aliphatic hydroxyl groups is 1. The topological polar surface area (TPSA) is 20.2 Å². The van der Waals surface area contributed by atoms with Gasteiger partial charge in [-0.2, -0.15) is 11.8 Å². The van der Waals surface area contributed by atoms with Gasteiger partial charge in [-0.05, 0) is 52.9 Å². The number of aliphatic hydroxyl groups excluding tert-OH is 1. The van der Waals surface area contributed by atoms with Gasteiger partial charge in [0.25, 0.3) is 0 Å². The summed E-state index contributed by atoms with van der Waals surface area (Å²) in [5, 5.41) is 12.3. The molecule has 1 saturated heterocycles. The highest BCUT2D eigenvalue weighted by Crippen LogP contribution is 2.42. The largest absolute Gasteiger partial charge is 0.391 e. The summed E-state index contributed by atoms with van der Waals surface area (Å²) in [6.45, 7) is 2.19. The van der Waals surface area contributed by atoms with Gasteiger partial charge in [0.1, 0.15) is 0 Å². The molecule has 84 valence electrons. The fraction of sp³-hybridized carbons (Fsp3) is 0.636. The van der Waals surface area contributed by atoms with Crippen LogP contribution in [0.3, 0.4) is 0 Å². The van der Waals surface area contributed by atoms with E-state index in [-0.39, 0.29) is 10.9 Å². The molecule has 0 radical (unpaired) electrons. The Balaban J connectivity index is 2.03. The van der Waals surface area contributed by atoms with Crippen LogP contribution in [0.2, 0.25) is 0 Å². The highest BCUT2D eigenvalue weighted by molar-refractivity contribution is 9.10. The van der Waals surface area contributed by atoms with Gasteiger partial charge >= 0.3 is 0 Å². The summed E-state index contributed by atoms with van der Waals surface area (Å²) in [6, 6.07) is 2.05. The Morgan fingerprint density at radius 3 is 3.00 bits per heavy atom. The standard InChI is InChI=1S/C11H15BrOS2/c1-11(4-2-5-15-11)10(13)7-9-8(12)3-6-14-9/h3,6,10,13H,2,4-5,7H2,1H3. The summed E-state index contributed by atoms with van der Waals surface area (Å²) < 4.78 is 1.21. The molecule has 2 atom stereocenters. The van der Waals surface area contributed by atoms with E-state index >= 15 is 0 Å². The number of thioether (sulfide) groups is 1. The third-order valence-electron chi connectivity index (χ3n) is 3.02. The van der Waals surface area contributed by atoms with Gasteiger partial charge in [-0.3, -0.25) is 0 Å². The van der Waals surface area contributed by atoms with Crippen molar-refractivity contribution in [3.63, 3.8) is 0 Å². The Kier molecular flexibility index (Phi) is 3.81. The quantitative estimate of drug-likeness (QED) is 0.919. The van der Waals surface area contributed by atoms with Crippen molar-refractivity contribution >= 4 is 39.0 Å². The van der Waals surface area contributed by atoms with Crippen molar-refractivity contribution in [2.75, 3.05) is 5.75 Å². The number of thiophene rings is 1. The van der Waals surface area contributed by atoms with Crippen LogP contribution < -0.4 is 0 Å². The predicted molar refractivity (Wildman–Crippen MR) is 71.8 cm³/mol. The minimum Gasteiger partial charge on any atom is -0.391 e. The van der Waals surface area contributed by atoms with E-state index in [4.69, 9.17) is 0 Å². The first-order valence-corrected chi connectivity index (χ1v) is 7.81. The van der Waals surface area contributed by atoms with Crippen LogP contribution in [0.5, 0.6) is 0 Å². The second-order valence-electron chi connectivity index (χ2n) is 4.18. The monoisotopic (exact) mass is 306 g/mol. The molecular weight excluding hydrogens is 292 g/mol. The smallest absolute Gasteiger partial charge is 0.0732 e. The first-order chi connectivity index (χ1) is 7.12. The SMILES string of the molecule is CC1(C(O)Cc2sccc2Br)CCCS1. The molecule has 0 bridgehead atoms. The molecular formula is C11H15BrOS2. The molecule has 1 aliphatic rings. The average Bonchev–Trinajstić information content (AvgIpc) is 2.78. The van der Waals surface area contributed by atoms with Gasteiger partial charge in [0, 0.05) is 20.5 Å². The van der Waals surface area contributed by atoms with Crippen LogP contribution in [0.1, 0.15) is 24.6 Å². The third-order valence-corrected chi connectivity index (χ3v) is 6.60. The number of rotatable bonds is 3. The van der Waals surface area contributed by atoms with Crippen LogP contribution in [0.25, 0.3) is 0 Å². The van der Waals surface area contributed by atoms with Gasteiger partial charge in [0.15, 0.2) is 0 Å². The maximum Gasteiger partial charge on any atom is 0.0732 e. The minimum atomic E-state index is -0.222. The highest BCUT2D eigenvalue weighted by atomic mass is 79.9. The van der Waals surface area contributed by atoms with E-state index in [2.05, 4.69) is 34.3 Å². The van der Waals surface area contributed by atoms with Crippen LogP contribution >= 0.6 is 39.0 Å². The van der Waals surface area contributed by atoms with Gasteiger partial charge in [0.05, 0.1) is 6.10 Å². The molecule has 2 unspecified atom stereocenters. The summed E-state index contributed by atoms with van der Waals surface area (Å²) in [6.07, 6.45) is 2.94. The van der Waals surface area contributed by atoms with Crippen molar-refractivity contribution in [3.05, 3.63) is 20.8 Å². The molecule has 0 aromatic carbocycles. The summed E-state index contributed by atoms with van der Waals surface area (Å²) >= 11 is 7.15. The van der Waals surface area contributed by atoms with Crippen molar-refractivity contribution in [2.45, 2.75) is 37.0 Å².